The molecule has 0 saturated heterocycles. The van der Waals surface area contributed by atoms with Crippen molar-refractivity contribution in [1.82, 2.24) is 0 Å². The highest BCUT2D eigenvalue weighted by Gasteiger charge is 1.98. The molecule has 1 radical (unpaired) electrons. The maximum absolute atomic E-state index is 12.9. The smallest absolute Gasteiger partial charge is 0.126 e. The van der Waals surface area contributed by atoms with Crippen molar-refractivity contribution in [2.45, 2.75) is 20.3 Å². The first-order chi connectivity index (χ1) is 6.09. The van der Waals surface area contributed by atoms with Crippen molar-refractivity contribution >= 4 is 0 Å². The molecular formula is C12H14F. The van der Waals surface area contributed by atoms with Gasteiger partial charge in [-0.15, -0.1) is 6.58 Å². The Morgan fingerprint density at radius 2 is 2.23 bits per heavy atom. The molecule has 0 heterocycles. The molecule has 0 saturated carbocycles. The Balaban J connectivity index is 2.68. The van der Waals surface area contributed by atoms with Crippen molar-refractivity contribution in [1.29, 1.82) is 0 Å². The third-order valence-electron chi connectivity index (χ3n) is 1.87. The second-order valence-electron chi connectivity index (χ2n) is 3.37. The molecule has 1 rings (SSSR count). The molecule has 0 amide bonds. The molecule has 13 heavy (non-hydrogen) atoms. The SMILES string of the molecule is C=C(C)C[CH]c1ccc(F)c(C)c1. The van der Waals surface area contributed by atoms with Crippen LogP contribution in [-0.2, 0) is 0 Å². The largest absolute Gasteiger partial charge is 0.207 e. The lowest BCUT2D eigenvalue weighted by Crippen LogP contribution is -1.87. The Hall–Kier alpha value is -1.11. The Morgan fingerprint density at radius 1 is 1.54 bits per heavy atom. The molecule has 69 valence electrons. The third kappa shape index (κ3) is 3.02. The summed E-state index contributed by atoms with van der Waals surface area (Å²) < 4.78 is 12.9. The molecule has 0 unspecified atom stereocenters. The van der Waals surface area contributed by atoms with Gasteiger partial charge in [0.1, 0.15) is 5.82 Å². The van der Waals surface area contributed by atoms with Crippen LogP contribution in [0.2, 0.25) is 0 Å². The highest BCUT2D eigenvalue weighted by Crippen LogP contribution is 2.13. The summed E-state index contributed by atoms with van der Waals surface area (Å²) in [5.41, 5.74) is 2.86. The van der Waals surface area contributed by atoms with Gasteiger partial charge >= 0.3 is 0 Å². The summed E-state index contributed by atoms with van der Waals surface area (Å²) in [6.07, 6.45) is 2.90. The van der Waals surface area contributed by atoms with Gasteiger partial charge < -0.3 is 0 Å². The summed E-state index contributed by atoms with van der Waals surface area (Å²) in [7, 11) is 0. The van der Waals surface area contributed by atoms with Crippen LogP contribution in [0.5, 0.6) is 0 Å². The minimum Gasteiger partial charge on any atom is -0.207 e. The molecule has 0 fully saturated rings. The molecule has 1 aromatic carbocycles. The zero-order chi connectivity index (χ0) is 9.84. The quantitative estimate of drug-likeness (QED) is 0.618. The molecule has 0 atom stereocenters. The zero-order valence-corrected chi connectivity index (χ0v) is 8.10. The van der Waals surface area contributed by atoms with E-state index in [-0.39, 0.29) is 5.82 Å². The minimum atomic E-state index is -0.146. The molecule has 1 aromatic rings. The summed E-state index contributed by atoms with van der Waals surface area (Å²) in [6, 6.07) is 5.13. The van der Waals surface area contributed by atoms with Gasteiger partial charge in [-0.3, -0.25) is 0 Å². The van der Waals surface area contributed by atoms with Crippen LogP contribution in [0.15, 0.2) is 30.4 Å². The van der Waals surface area contributed by atoms with Crippen molar-refractivity contribution in [2.24, 2.45) is 0 Å². The fourth-order valence-electron chi connectivity index (χ4n) is 1.09. The summed E-state index contributed by atoms with van der Waals surface area (Å²) in [5, 5.41) is 0. The van der Waals surface area contributed by atoms with Gasteiger partial charge in [0, 0.05) is 0 Å². The van der Waals surface area contributed by atoms with Crippen LogP contribution < -0.4 is 0 Å². The van der Waals surface area contributed by atoms with Gasteiger partial charge in [0.15, 0.2) is 0 Å². The number of rotatable bonds is 3. The fourth-order valence-corrected chi connectivity index (χ4v) is 1.09. The van der Waals surface area contributed by atoms with E-state index in [1.807, 2.05) is 13.0 Å². The average Bonchev–Trinajstić information content (AvgIpc) is 2.07. The predicted octanol–water partition coefficient (Wildman–Crippen LogP) is 3.65. The standard InChI is InChI=1S/C12H14F/c1-9(2)4-5-11-6-7-12(13)10(3)8-11/h5-8H,1,4H2,2-3H3. The van der Waals surface area contributed by atoms with Crippen LogP contribution in [0, 0.1) is 19.2 Å². The van der Waals surface area contributed by atoms with E-state index in [2.05, 4.69) is 13.0 Å². The molecule has 0 aliphatic carbocycles. The van der Waals surface area contributed by atoms with E-state index < -0.39 is 0 Å². The number of halogens is 1. The molecule has 0 N–H and O–H groups in total. The fraction of sp³-hybridized carbons (Fsp3) is 0.250. The molecule has 0 nitrogen and oxygen atoms in total. The predicted molar refractivity (Wildman–Crippen MR) is 54.0 cm³/mol. The summed E-state index contributed by atoms with van der Waals surface area (Å²) in [4.78, 5) is 0. The van der Waals surface area contributed by atoms with E-state index in [4.69, 9.17) is 0 Å². The van der Waals surface area contributed by atoms with E-state index in [1.54, 1.807) is 13.0 Å². The number of allylic oxidation sites excluding steroid dienone is 1. The van der Waals surface area contributed by atoms with Crippen LogP contribution in [0.25, 0.3) is 0 Å². The normalized spacial score (nSPS) is 10.1. The van der Waals surface area contributed by atoms with Gasteiger partial charge in [0.2, 0.25) is 0 Å². The van der Waals surface area contributed by atoms with Gasteiger partial charge in [-0.2, -0.15) is 0 Å². The van der Waals surface area contributed by atoms with Gasteiger partial charge in [0.25, 0.3) is 0 Å². The highest BCUT2D eigenvalue weighted by atomic mass is 19.1. The number of benzene rings is 1. The van der Waals surface area contributed by atoms with Crippen molar-refractivity contribution in [3.05, 3.63) is 53.7 Å². The second-order valence-corrected chi connectivity index (χ2v) is 3.37. The summed E-state index contributed by atoms with van der Waals surface area (Å²) in [5.74, 6) is -0.146. The molecular weight excluding hydrogens is 163 g/mol. The third-order valence-corrected chi connectivity index (χ3v) is 1.87. The molecule has 0 aliphatic heterocycles. The van der Waals surface area contributed by atoms with Gasteiger partial charge in [0.05, 0.1) is 0 Å². The lowest BCUT2D eigenvalue weighted by molar-refractivity contribution is 0.618. The number of hydrogen-bond acceptors (Lipinski definition) is 0. The number of hydrogen-bond donors (Lipinski definition) is 0. The van der Waals surface area contributed by atoms with Gasteiger partial charge in [-0.1, -0.05) is 17.7 Å². The topological polar surface area (TPSA) is 0 Å². The molecule has 0 aliphatic rings. The Morgan fingerprint density at radius 3 is 2.77 bits per heavy atom. The Bertz CT molecular complexity index is 313. The van der Waals surface area contributed by atoms with Crippen molar-refractivity contribution < 1.29 is 4.39 Å². The van der Waals surface area contributed by atoms with Crippen molar-refractivity contribution in [3.63, 3.8) is 0 Å². The molecule has 1 heteroatoms. The Labute approximate surface area is 79.1 Å². The van der Waals surface area contributed by atoms with Gasteiger partial charge in [-0.25, -0.2) is 4.39 Å². The zero-order valence-electron chi connectivity index (χ0n) is 8.10. The molecule has 0 aromatic heterocycles. The van der Waals surface area contributed by atoms with Crippen molar-refractivity contribution in [2.75, 3.05) is 0 Å². The average molecular weight is 177 g/mol. The van der Waals surface area contributed by atoms with E-state index in [1.165, 1.54) is 6.07 Å². The second kappa shape index (κ2) is 4.22. The van der Waals surface area contributed by atoms with E-state index >= 15 is 0 Å². The first-order valence-electron chi connectivity index (χ1n) is 4.33. The van der Waals surface area contributed by atoms with E-state index in [0.29, 0.717) is 5.56 Å². The summed E-state index contributed by atoms with van der Waals surface area (Å²) in [6.45, 7) is 7.56. The van der Waals surface area contributed by atoms with Gasteiger partial charge in [-0.05, 0) is 43.9 Å². The first-order valence-corrected chi connectivity index (χ1v) is 4.33. The first kappa shape index (κ1) is 9.97. The Kier molecular flexibility index (Phi) is 3.24. The monoisotopic (exact) mass is 177 g/mol. The van der Waals surface area contributed by atoms with Crippen LogP contribution in [0.4, 0.5) is 4.39 Å². The van der Waals surface area contributed by atoms with E-state index in [0.717, 1.165) is 17.6 Å². The van der Waals surface area contributed by atoms with Crippen molar-refractivity contribution in [3.8, 4) is 0 Å². The summed E-state index contributed by atoms with van der Waals surface area (Å²) >= 11 is 0. The highest BCUT2D eigenvalue weighted by molar-refractivity contribution is 5.30. The van der Waals surface area contributed by atoms with E-state index in [9.17, 15) is 4.39 Å². The lowest BCUT2D eigenvalue weighted by atomic mass is 10.0. The molecule has 0 bridgehead atoms. The minimum absolute atomic E-state index is 0.146. The lowest BCUT2D eigenvalue weighted by Gasteiger charge is -2.02. The number of aryl methyl sites for hydroxylation is 1. The van der Waals surface area contributed by atoms with Crippen LogP contribution in [0.3, 0.4) is 0 Å². The van der Waals surface area contributed by atoms with Crippen LogP contribution in [0.1, 0.15) is 24.5 Å². The van der Waals surface area contributed by atoms with Crippen LogP contribution >= 0.6 is 0 Å². The molecule has 0 spiro atoms. The maximum Gasteiger partial charge on any atom is 0.126 e. The maximum atomic E-state index is 12.9. The van der Waals surface area contributed by atoms with Crippen LogP contribution in [-0.4, -0.2) is 0 Å².